The predicted molar refractivity (Wildman–Crippen MR) is 88.6 cm³/mol. The second-order valence-electron chi connectivity index (χ2n) is 6.63. The largest absolute Gasteiger partial charge is 0.342 e. The number of amides is 1. The standard InChI is InChI=1S/C17H24N2O3S/c1-13-4-5-16(14(2)12-13)23(21,22)19-10-6-15(7-11-19)17(20)18-8-3-9-18/h4-5,12,15H,3,6-11H2,1-2H3. The van der Waals surface area contributed by atoms with Crippen LogP contribution >= 0.6 is 0 Å². The summed E-state index contributed by atoms with van der Waals surface area (Å²) in [5.74, 6) is 0.195. The maximum Gasteiger partial charge on any atom is 0.243 e. The highest BCUT2D eigenvalue weighted by molar-refractivity contribution is 7.89. The van der Waals surface area contributed by atoms with E-state index in [4.69, 9.17) is 0 Å². The Morgan fingerprint density at radius 1 is 1.09 bits per heavy atom. The minimum Gasteiger partial charge on any atom is -0.342 e. The van der Waals surface area contributed by atoms with Crippen LogP contribution in [0.1, 0.15) is 30.4 Å². The molecule has 1 aromatic carbocycles. The molecule has 0 atom stereocenters. The lowest BCUT2D eigenvalue weighted by molar-refractivity contribution is -0.140. The fourth-order valence-electron chi connectivity index (χ4n) is 3.37. The molecule has 2 heterocycles. The molecule has 0 N–H and O–H groups in total. The number of benzene rings is 1. The zero-order valence-corrected chi connectivity index (χ0v) is 14.6. The number of likely N-dealkylation sites (tertiary alicyclic amines) is 1. The molecule has 0 aliphatic carbocycles. The summed E-state index contributed by atoms with van der Waals surface area (Å²) in [5, 5.41) is 0. The average Bonchev–Trinajstić information content (AvgIpc) is 2.45. The van der Waals surface area contributed by atoms with Crippen LogP contribution < -0.4 is 0 Å². The number of hydrogen-bond donors (Lipinski definition) is 0. The fraction of sp³-hybridized carbons (Fsp3) is 0.588. The number of nitrogens with zero attached hydrogens (tertiary/aromatic N) is 2. The molecule has 0 unspecified atom stereocenters. The number of carbonyl (C=O) groups excluding carboxylic acids is 1. The topological polar surface area (TPSA) is 57.7 Å². The second kappa shape index (κ2) is 6.24. The molecule has 2 fully saturated rings. The van der Waals surface area contributed by atoms with E-state index in [0.29, 0.717) is 30.8 Å². The summed E-state index contributed by atoms with van der Waals surface area (Å²) in [6, 6.07) is 5.42. The minimum absolute atomic E-state index is 0.0131. The van der Waals surface area contributed by atoms with Crippen molar-refractivity contribution in [3.05, 3.63) is 29.3 Å². The van der Waals surface area contributed by atoms with Gasteiger partial charge in [0.25, 0.3) is 0 Å². The molecule has 2 aliphatic rings. The van der Waals surface area contributed by atoms with Crippen LogP contribution in [-0.4, -0.2) is 49.7 Å². The number of hydrogen-bond acceptors (Lipinski definition) is 3. The van der Waals surface area contributed by atoms with Crippen molar-refractivity contribution in [2.45, 2.75) is 38.0 Å². The molecule has 0 saturated carbocycles. The van der Waals surface area contributed by atoms with E-state index in [0.717, 1.165) is 30.6 Å². The first kappa shape index (κ1) is 16.5. The molecule has 0 spiro atoms. The first-order chi connectivity index (χ1) is 10.9. The summed E-state index contributed by atoms with van der Waals surface area (Å²) in [6.45, 7) is 6.37. The Balaban J connectivity index is 1.69. The highest BCUT2D eigenvalue weighted by Gasteiger charge is 2.35. The Hall–Kier alpha value is -1.40. The van der Waals surface area contributed by atoms with Gasteiger partial charge in [0.15, 0.2) is 0 Å². The molecule has 3 rings (SSSR count). The van der Waals surface area contributed by atoms with Crippen LogP contribution in [0.3, 0.4) is 0 Å². The van der Waals surface area contributed by atoms with E-state index in [9.17, 15) is 13.2 Å². The molecular weight excluding hydrogens is 312 g/mol. The molecule has 23 heavy (non-hydrogen) atoms. The zero-order valence-electron chi connectivity index (χ0n) is 13.8. The van der Waals surface area contributed by atoms with Crippen LogP contribution in [0, 0.1) is 19.8 Å². The van der Waals surface area contributed by atoms with Crippen LogP contribution in [0.2, 0.25) is 0 Å². The average molecular weight is 336 g/mol. The Morgan fingerprint density at radius 3 is 2.26 bits per heavy atom. The Morgan fingerprint density at radius 2 is 1.74 bits per heavy atom. The molecular formula is C17H24N2O3S. The highest BCUT2D eigenvalue weighted by Crippen LogP contribution is 2.27. The number of aryl methyl sites for hydroxylation is 2. The van der Waals surface area contributed by atoms with Gasteiger partial charge in [0.2, 0.25) is 15.9 Å². The van der Waals surface area contributed by atoms with Crippen molar-refractivity contribution in [3.8, 4) is 0 Å². The maximum absolute atomic E-state index is 12.8. The molecule has 2 saturated heterocycles. The monoisotopic (exact) mass is 336 g/mol. The zero-order chi connectivity index (χ0) is 16.6. The van der Waals surface area contributed by atoms with Gasteiger partial charge in [-0.2, -0.15) is 4.31 Å². The van der Waals surface area contributed by atoms with Crippen molar-refractivity contribution >= 4 is 15.9 Å². The first-order valence-electron chi connectivity index (χ1n) is 8.26. The number of rotatable bonds is 3. The van der Waals surface area contributed by atoms with Gasteiger partial charge < -0.3 is 4.90 Å². The quantitative estimate of drug-likeness (QED) is 0.847. The number of sulfonamides is 1. The lowest BCUT2D eigenvalue weighted by Gasteiger charge is -2.37. The van der Waals surface area contributed by atoms with Gasteiger partial charge in [-0.15, -0.1) is 0 Å². The van der Waals surface area contributed by atoms with Crippen LogP contribution in [0.25, 0.3) is 0 Å². The van der Waals surface area contributed by atoms with Gasteiger partial charge in [-0.05, 0) is 44.7 Å². The van der Waals surface area contributed by atoms with Gasteiger partial charge in [-0.25, -0.2) is 8.42 Å². The highest BCUT2D eigenvalue weighted by atomic mass is 32.2. The van der Waals surface area contributed by atoms with Gasteiger partial charge in [0.05, 0.1) is 4.90 Å². The third kappa shape index (κ3) is 3.15. The number of carbonyl (C=O) groups is 1. The first-order valence-corrected chi connectivity index (χ1v) is 9.70. The molecule has 0 aromatic heterocycles. The van der Waals surface area contributed by atoms with Gasteiger partial charge in [-0.1, -0.05) is 17.7 Å². The molecule has 1 amide bonds. The predicted octanol–water partition coefficient (Wildman–Crippen LogP) is 1.94. The van der Waals surface area contributed by atoms with Gasteiger partial charge in [0, 0.05) is 32.1 Å². The van der Waals surface area contributed by atoms with Crippen molar-refractivity contribution in [1.29, 1.82) is 0 Å². The molecule has 5 nitrogen and oxygen atoms in total. The Kier molecular flexibility index (Phi) is 4.47. The molecule has 6 heteroatoms. The van der Waals surface area contributed by atoms with Gasteiger partial charge >= 0.3 is 0 Å². The van der Waals surface area contributed by atoms with Crippen LogP contribution in [0.15, 0.2) is 23.1 Å². The Bertz CT molecular complexity index is 703. The normalized spacial score (nSPS) is 20.3. The molecule has 0 bridgehead atoms. The van der Waals surface area contributed by atoms with Crippen LogP contribution in [-0.2, 0) is 14.8 Å². The lowest BCUT2D eigenvalue weighted by atomic mass is 9.95. The third-order valence-corrected chi connectivity index (χ3v) is 6.98. The molecule has 1 aromatic rings. The van der Waals surface area contributed by atoms with E-state index in [-0.39, 0.29) is 11.8 Å². The number of piperidine rings is 1. The molecule has 126 valence electrons. The maximum atomic E-state index is 12.8. The summed E-state index contributed by atoms with van der Waals surface area (Å²) >= 11 is 0. The van der Waals surface area contributed by atoms with Crippen LogP contribution in [0.5, 0.6) is 0 Å². The van der Waals surface area contributed by atoms with Crippen molar-refractivity contribution in [2.24, 2.45) is 5.92 Å². The van der Waals surface area contributed by atoms with E-state index < -0.39 is 10.0 Å². The van der Waals surface area contributed by atoms with Gasteiger partial charge in [0.1, 0.15) is 0 Å². The van der Waals surface area contributed by atoms with Crippen molar-refractivity contribution in [2.75, 3.05) is 26.2 Å². The van der Waals surface area contributed by atoms with Crippen molar-refractivity contribution in [1.82, 2.24) is 9.21 Å². The fourth-order valence-corrected chi connectivity index (χ4v) is 5.04. The molecule has 0 radical (unpaired) electrons. The van der Waals surface area contributed by atoms with Crippen molar-refractivity contribution < 1.29 is 13.2 Å². The van der Waals surface area contributed by atoms with E-state index in [2.05, 4.69) is 0 Å². The summed E-state index contributed by atoms with van der Waals surface area (Å²) in [5.41, 5.74) is 1.84. The Labute approximate surface area is 138 Å². The van der Waals surface area contributed by atoms with Crippen molar-refractivity contribution in [3.63, 3.8) is 0 Å². The van der Waals surface area contributed by atoms with Gasteiger partial charge in [-0.3, -0.25) is 4.79 Å². The summed E-state index contributed by atoms with van der Waals surface area (Å²) < 4.78 is 27.2. The summed E-state index contributed by atoms with van der Waals surface area (Å²) in [4.78, 5) is 14.5. The summed E-state index contributed by atoms with van der Waals surface area (Å²) in [6.07, 6.45) is 2.34. The summed E-state index contributed by atoms with van der Waals surface area (Å²) in [7, 11) is -3.46. The van der Waals surface area contributed by atoms with Crippen LogP contribution in [0.4, 0.5) is 0 Å². The third-order valence-electron chi connectivity index (χ3n) is 4.92. The second-order valence-corrected chi connectivity index (χ2v) is 8.53. The SMILES string of the molecule is Cc1ccc(S(=O)(=O)N2CCC(C(=O)N3CCC3)CC2)c(C)c1. The smallest absolute Gasteiger partial charge is 0.243 e. The molecule has 2 aliphatic heterocycles. The van der Waals surface area contributed by atoms with E-state index in [1.165, 1.54) is 4.31 Å². The lowest BCUT2D eigenvalue weighted by Crippen LogP contribution is -2.48. The van der Waals surface area contributed by atoms with E-state index >= 15 is 0 Å². The van der Waals surface area contributed by atoms with E-state index in [1.54, 1.807) is 6.07 Å². The minimum atomic E-state index is -3.46. The van der Waals surface area contributed by atoms with E-state index in [1.807, 2.05) is 30.9 Å².